The van der Waals surface area contributed by atoms with Gasteiger partial charge in [0, 0.05) is 0 Å². The number of fused-ring (bicyclic) bond motifs is 1. The number of para-hydroxylation sites is 1. The molecule has 3 aromatic rings. The highest BCUT2D eigenvalue weighted by atomic mass is 32.2. The number of carbonyl (C=O) groups is 1. The van der Waals surface area contributed by atoms with Gasteiger partial charge in [-0.15, -0.1) is 0 Å². The second-order valence-electron chi connectivity index (χ2n) is 5.21. The topological polar surface area (TPSA) is 74.8 Å². The van der Waals surface area contributed by atoms with Crippen LogP contribution in [0.3, 0.4) is 0 Å². The van der Waals surface area contributed by atoms with E-state index in [-0.39, 0.29) is 22.9 Å². The van der Waals surface area contributed by atoms with Crippen molar-refractivity contribution in [3.8, 4) is 0 Å². The van der Waals surface area contributed by atoms with Crippen LogP contribution < -0.4 is 10.9 Å². The van der Waals surface area contributed by atoms with Crippen LogP contribution >= 0.6 is 11.8 Å². The van der Waals surface area contributed by atoms with Crippen LogP contribution in [0.5, 0.6) is 0 Å². The number of H-pyrrole nitrogens is 1. The van der Waals surface area contributed by atoms with Gasteiger partial charge in [-0.2, -0.15) is 0 Å². The molecule has 0 fully saturated rings. The summed E-state index contributed by atoms with van der Waals surface area (Å²) in [6.07, 6.45) is 0. The molecule has 0 radical (unpaired) electrons. The highest BCUT2D eigenvalue weighted by molar-refractivity contribution is 7.99. The molecule has 0 aliphatic rings. The average molecular weight is 343 g/mol. The number of carbonyl (C=O) groups excluding carboxylic acids is 1. The van der Waals surface area contributed by atoms with E-state index in [9.17, 15) is 14.0 Å². The van der Waals surface area contributed by atoms with E-state index in [4.69, 9.17) is 0 Å². The third-order valence-corrected chi connectivity index (χ3v) is 4.20. The van der Waals surface area contributed by atoms with Crippen molar-refractivity contribution in [2.75, 3.05) is 11.1 Å². The van der Waals surface area contributed by atoms with Gasteiger partial charge in [-0.25, -0.2) is 9.37 Å². The summed E-state index contributed by atoms with van der Waals surface area (Å²) < 4.78 is 13.7. The molecule has 0 aliphatic heterocycles. The maximum atomic E-state index is 13.7. The van der Waals surface area contributed by atoms with Gasteiger partial charge in [-0.05, 0) is 36.8 Å². The number of aryl methyl sites for hydroxylation is 1. The SMILES string of the molecule is Cc1ccc(NC(=O)CSc2nc3ccccc3c(=O)[nH]2)c(F)c1. The van der Waals surface area contributed by atoms with Crippen LogP contribution in [-0.4, -0.2) is 21.6 Å². The number of aromatic nitrogens is 2. The molecule has 1 amide bonds. The van der Waals surface area contributed by atoms with Gasteiger partial charge in [0.1, 0.15) is 5.82 Å². The van der Waals surface area contributed by atoms with Gasteiger partial charge < -0.3 is 10.3 Å². The molecule has 1 aromatic heterocycles. The molecule has 0 unspecified atom stereocenters. The van der Waals surface area contributed by atoms with Gasteiger partial charge in [-0.1, -0.05) is 30.0 Å². The quantitative estimate of drug-likeness (QED) is 0.564. The molecule has 0 spiro atoms. The number of nitrogens with zero attached hydrogens (tertiary/aromatic N) is 1. The van der Waals surface area contributed by atoms with Crippen LogP contribution in [0.2, 0.25) is 0 Å². The van der Waals surface area contributed by atoms with Gasteiger partial charge in [-0.3, -0.25) is 9.59 Å². The average Bonchev–Trinajstić information content (AvgIpc) is 2.56. The summed E-state index contributed by atoms with van der Waals surface area (Å²) in [4.78, 5) is 30.8. The smallest absolute Gasteiger partial charge is 0.259 e. The Kier molecular flexibility index (Phi) is 4.61. The van der Waals surface area contributed by atoms with E-state index < -0.39 is 5.82 Å². The summed E-state index contributed by atoms with van der Waals surface area (Å²) in [5.41, 5.74) is 1.21. The molecule has 5 nitrogen and oxygen atoms in total. The number of rotatable bonds is 4. The molecule has 122 valence electrons. The van der Waals surface area contributed by atoms with Gasteiger partial charge in [0.2, 0.25) is 5.91 Å². The zero-order valence-electron chi connectivity index (χ0n) is 12.8. The van der Waals surface area contributed by atoms with Crippen molar-refractivity contribution < 1.29 is 9.18 Å². The van der Waals surface area contributed by atoms with Crippen molar-refractivity contribution in [1.82, 2.24) is 9.97 Å². The molecule has 2 N–H and O–H groups in total. The van der Waals surface area contributed by atoms with Gasteiger partial charge >= 0.3 is 0 Å². The first-order valence-electron chi connectivity index (χ1n) is 7.21. The van der Waals surface area contributed by atoms with Crippen LogP contribution in [0.25, 0.3) is 10.9 Å². The first-order chi connectivity index (χ1) is 11.5. The predicted octanol–water partition coefficient (Wildman–Crippen LogP) is 3.10. The van der Waals surface area contributed by atoms with Gasteiger partial charge in [0.05, 0.1) is 22.3 Å². The second kappa shape index (κ2) is 6.84. The number of benzene rings is 2. The lowest BCUT2D eigenvalue weighted by molar-refractivity contribution is -0.113. The molecule has 2 aromatic carbocycles. The van der Waals surface area contributed by atoms with Crippen molar-refractivity contribution in [2.24, 2.45) is 0 Å². The second-order valence-corrected chi connectivity index (χ2v) is 6.17. The third-order valence-electron chi connectivity index (χ3n) is 3.33. The number of halogens is 1. The lowest BCUT2D eigenvalue weighted by Crippen LogP contribution is -2.16. The van der Waals surface area contributed by atoms with Crippen LogP contribution in [0.4, 0.5) is 10.1 Å². The summed E-state index contributed by atoms with van der Waals surface area (Å²) in [5, 5.41) is 3.34. The van der Waals surface area contributed by atoms with Crippen molar-refractivity contribution >= 4 is 34.3 Å². The normalized spacial score (nSPS) is 10.8. The molecule has 0 atom stereocenters. The van der Waals surface area contributed by atoms with Crippen molar-refractivity contribution in [1.29, 1.82) is 0 Å². The number of anilines is 1. The number of hydrogen-bond acceptors (Lipinski definition) is 4. The minimum atomic E-state index is -0.481. The highest BCUT2D eigenvalue weighted by Crippen LogP contribution is 2.18. The molecular formula is C17H14FN3O2S. The van der Waals surface area contributed by atoms with Crippen LogP contribution in [0, 0.1) is 12.7 Å². The Morgan fingerprint density at radius 2 is 2.08 bits per heavy atom. The fourth-order valence-electron chi connectivity index (χ4n) is 2.18. The van der Waals surface area contributed by atoms with E-state index >= 15 is 0 Å². The van der Waals surface area contributed by atoms with E-state index in [1.807, 2.05) is 0 Å². The van der Waals surface area contributed by atoms with Gasteiger partial charge in [0.25, 0.3) is 5.56 Å². The monoisotopic (exact) mass is 343 g/mol. The first kappa shape index (κ1) is 16.2. The Morgan fingerprint density at radius 1 is 1.29 bits per heavy atom. The zero-order valence-corrected chi connectivity index (χ0v) is 13.6. The lowest BCUT2D eigenvalue weighted by atomic mass is 10.2. The molecule has 0 bridgehead atoms. The van der Waals surface area contributed by atoms with Gasteiger partial charge in [0.15, 0.2) is 5.16 Å². The molecule has 24 heavy (non-hydrogen) atoms. The van der Waals surface area contributed by atoms with Crippen molar-refractivity contribution in [3.63, 3.8) is 0 Å². The Bertz CT molecular complexity index is 971. The minimum Gasteiger partial charge on any atom is -0.323 e. The summed E-state index contributed by atoms with van der Waals surface area (Å²) in [7, 11) is 0. The van der Waals surface area contributed by atoms with E-state index in [1.54, 1.807) is 37.3 Å². The Morgan fingerprint density at radius 3 is 2.88 bits per heavy atom. The predicted molar refractivity (Wildman–Crippen MR) is 92.9 cm³/mol. The molecule has 3 rings (SSSR count). The molecule has 0 saturated carbocycles. The van der Waals surface area contributed by atoms with E-state index in [0.29, 0.717) is 16.1 Å². The Balaban J connectivity index is 1.69. The molecule has 0 aliphatic carbocycles. The molecule has 7 heteroatoms. The minimum absolute atomic E-state index is 0.00853. The largest absolute Gasteiger partial charge is 0.323 e. The third kappa shape index (κ3) is 3.62. The number of thioether (sulfide) groups is 1. The summed E-state index contributed by atoms with van der Waals surface area (Å²) >= 11 is 1.08. The number of hydrogen-bond donors (Lipinski definition) is 2. The summed E-state index contributed by atoms with van der Waals surface area (Å²) in [6.45, 7) is 1.77. The highest BCUT2D eigenvalue weighted by Gasteiger charge is 2.10. The maximum absolute atomic E-state index is 13.7. The fourth-order valence-corrected chi connectivity index (χ4v) is 2.84. The maximum Gasteiger partial charge on any atom is 0.259 e. The van der Waals surface area contributed by atoms with Crippen LogP contribution in [0.15, 0.2) is 52.4 Å². The zero-order chi connectivity index (χ0) is 17.1. The Labute approximate surface area is 141 Å². The number of aromatic amines is 1. The molecule has 0 saturated heterocycles. The molecular weight excluding hydrogens is 329 g/mol. The lowest BCUT2D eigenvalue weighted by Gasteiger charge is -2.07. The molecule has 1 heterocycles. The van der Waals surface area contributed by atoms with Crippen LogP contribution in [0.1, 0.15) is 5.56 Å². The van der Waals surface area contributed by atoms with Crippen LogP contribution in [-0.2, 0) is 4.79 Å². The standard InChI is InChI=1S/C17H14FN3O2S/c1-10-6-7-14(12(18)8-10)19-15(22)9-24-17-20-13-5-3-2-4-11(13)16(23)21-17/h2-8H,9H2,1H3,(H,19,22)(H,20,21,23). The van der Waals surface area contributed by atoms with E-state index in [0.717, 1.165) is 17.3 Å². The van der Waals surface area contributed by atoms with Crippen molar-refractivity contribution in [2.45, 2.75) is 12.1 Å². The fraction of sp³-hybridized carbons (Fsp3) is 0.118. The number of amides is 1. The van der Waals surface area contributed by atoms with E-state index in [2.05, 4.69) is 15.3 Å². The van der Waals surface area contributed by atoms with Crippen molar-refractivity contribution in [3.05, 3.63) is 64.2 Å². The van der Waals surface area contributed by atoms with E-state index in [1.165, 1.54) is 12.1 Å². The Hall–Kier alpha value is -2.67. The number of nitrogens with one attached hydrogen (secondary N) is 2. The summed E-state index contributed by atoms with van der Waals surface area (Å²) in [5.74, 6) is -0.849. The first-order valence-corrected chi connectivity index (χ1v) is 8.19. The summed E-state index contributed by atoms with van der Waals surface area (Å²) in [6, 6.07) is 11.5.